The molecular weight excluding hydrogens is 331 g/mol. The molecule has 0 unspecified atom stereocenters. The first kappa shape index (κ1) is 15.2. The highest BCUT2D eigenvalue weighted by molar-refractivity contribution is 9.10. The summed E-state index contributed by atoms with van der Waals surface area (Å²) in [6.45, 7) is 9.10. The lowest BCUT2D eigenvalue weighted by atomic mass is 10.1. The first-order chi connectivity index (χ1) is 8.97. The summed E-state index contributed by atoms with van der Waals surface area (Å²) in [7, 11) is 0. The summed E-state index contributed by atoms with van der Waals surface area (Å²) in [4.78, 5) is 4.73. The van der Waals surface area contributed by atoms with E-state index in [-0.39, 0.29) is 5.82 Å². The van der Waals surface area contributed by atoms with E-state index in [2.05, 4.69) is 39.6 Å². The molecule has 0 bridgehead atoms. The maximum atomic E-state index is 13.9. The Balaban J connectivity index is 1.98. The quantitative estimate of drug-likeness (QED) is 0.767. The van der Waals surface area contributed by atoms with Crippen molar-refractivity contribution in [1.29, 1.82) is 0 Å². The van der Waals surface area contributed by atoms with Gasteiger partial charge in [-0.15, -0.1) is 0 Å². The molecule has 0 aromatic heterocycles. The Morgan fingerprint density at radius 2 is 1.89 bits per heavy atom. The van der Waals surface area contributed by atoms with Gasteiger partial charge in [-0.25, -0.2) is 4.39 Å². The first-order valence-electron chi connectivity index (χ1n) is 6.57. The van der Waals surface area contributed by atoms with E-state index in [0.29, 0.717) is 27.6 Å². The Morgan fingerprint density at radius 1 is 1.26 bits per heavy atom. The summed E-state index contributed by atoms with van der Waals surface area (Å²) in [5.74, 6) is -0.192. The topological polar surface area (TPSA) is 6.48 Å². The van der Waals surface area contributed by atoms with Crippen molar-refractivity contribution in [1.82, 2.24) is 9.80 Å². The molecule has 0 N–H and O–H groups in total. The van der Waals surface area contributed by atoms with Gasteiger partial charge in [0, 0.05) is 48.8 Å². The van der Waals surface area contributed by atoms with Crippen LogP contribution in [0.2, 0.25) is 5.02 Å². The van der Waals surface area contributed by atoms with E-state index in [0.717, 1.165) is 26.2 Å². The summed E-state index contributed by atoms with van der Waals surface area (Å²) in [6.07, 6.45) is 0. The van der Waals surface area contributed by atoms with Gasteiger partial charge in [-0.2, -0.15) is 0 Å². The fraction of sp³-hybridized carbons (Fsp3) is 0.571. The molecule has 106 valence electrons. The van der Waals surface area contributed by atoms with Crippen molar-refractivity contribution >= 4 is 27.5 Å². The van der Waals surface area contributed by atoms with Gasteiger partial charge in [0.1, 0.15) is 5.82 Å². The van der Waals surface area contributed by atoms with Crippen LogP contribution >= 0.6 is 27.5 Å². The number of rotatable bonds is 3. The third-order valence-electron chi connectivity index (χ3n) is 3.62. The Morgan fingerprint density at radius 3 is 2.47 bits per heavy atom. The van der Waals surface area contributed by atoms with Gasteiger partial charge in [0.05, 0.1) is 5.02 Å². The second-order valence-electron chi connectivity index (χ2n) is 5.26. The van der Waals surface area contributed by atoms with Crippen molar-refractivity contribution in [3.63, 3.8) is 0 Å². The number of nitrogens with zero attached hydrogens (tertiary/aromatic N) is 2. The molecule has 5 heteroatoms. The van der Waals surface area contributed by atoms with E-state index >= 15 is 0 Å². The van der Waals surface area contributed by atoms with Crippen molar-refractivity contribution in [3.8, 4) is 0 Å². The van der Waals surface area contributed by atoms with Crippen molar-refractivity contribution in [2.75, 3.05) is 26.2 Å². The molecular formula is C14H19BrClFN2. The average molecular weight is 350 g/mol. The van der Waals surface area contributed by atoms with E-state index in [1.165, 1.54) is 6.07 Å². The smallest absolute Gasteiger partial charge is 0.128 e. The van der Waals surface area contributed by atoms with Crippen LogP contribution in [0.4, 0.5) is 4.39 Å². The van der Waals surface area contributed by atoms with Gasteiger partial charge in [-0.05, 0) is 41.9 Å². The van der Waals surface area contributed by atoms with E-state index < -0.39 is 0 Å². The van der Waals surface area contributed by atoms with Crippen molar-refractivity contribution in [2.24, 2.45) is 0 Å². The van der Waals surface area contributed by atoms with E-state index in [9.17, 15) is 4.39 Å². The SMILES string of the molecule is CC(C)N1CCN(Cc2cc(Cl)c(Br)cc2F)CC1. The monoisotopic (exact) mass is 348 g/mol. The van der Waals surface area contributed by atoms with Crippen LogP contribution in [0.5, 0.6) is 0 Å². The van der Waals surface area contributed by atoms with Gasteiger partial charge >= 0.3 is 0 Å². The molecule has 1 fully saturated rings. The van der Waals surface area contributed by atoms with Crippen molar-refractivity contribution in [2.45, 2.75) is 26.4 Å². The molecule has 0 saturated carbocycles. The molecule has 1 aliphatic rings. The number of halogens is 3. The summed E-state index contributed by atoms with van der Waals surface area (Å²) < 4.78 is 14.5. The van der Waals surface area contributed by atoms with Crippen molar-refractivity contribution in [3.05, 3.63) is 33.0 Å². The molecule has 1 aromatic rings. The highest BCUT2D eigenvalue weighted by Gasteiger charge is 2.20. The first-order valence-corrected chi connectivity index (χ1v) is 7.74. The van der Waals surface area contributed by atoms with Crippen molar-refractivity contribution < 1.29 is 4.39 Å². The van der Waals surface area contributed by atoms with Gasteiger partial charge in [0.2, 0.25) is 0 Å². The lowest BCUT2D eigenvalue weighted by Crippen LogP contribution is -2.48. The van der Waals surface area contributed by atoms with Crippen LogP contribution in [0, 0.1) is 5.82 Å². The van der Waals surface area contributed by atoms with Crippen LogP contribution in [-0.4, -0.2) is 42.0 Å². The predicted octanol–water partition coefficient (Wildman–Crippen LogP) is 3.77. The molecule has 0 atom stereocenters. The highest BCUT2D eigenvalue weighted by Crippen LogP contribution is 2.26. The Labute approximate surface area is 127 Å². The molecule has 0 amide bonds. The van der Waals surface area contributed by atoms with E-state index in [1.54, 1.807) is 6.07 Å². The normalized spacial score (nSPS) is 18.2. The molecule has 1 aliphatic heterocycles. The molecule has 1 heterocycles. The summed E-state index contributed by atoms with van der Waals surface area (Å²) in [5.41, 5.74) is 0.672. The minimum atomic E-state index is -0.192. The lowest BCUT2D eigenvalue weighted by Gasteiger charge is -2.37. The van der Waals surface area contributed by atoms with E-state index in [1.807, 2.05) is 0 Å². The largest absolute Gasteiger partial charge is 0.298 e. The lowest BCUT2D eigenvalue weighted by molar-refractivity contribution is 0.103. The Bertz CT molecular complexity index is 445. The number of piperazine rings is 1. The predicted molar refractivity (Wildman–Crippen MR) is 81.1 cm³/mol. The maximum absolute atomic E-state index is 13.9. The van der Waals surface area contributed by atoms with E-state index in [4.69, 9.17) is 11.6 Å². The van der Waals surface area contributed by atoms with Crippen LogP contribution in [0.3, 0.4) is 0 Å². The fourth-order valence-electron chi connectivity index (χ4n) is 2.36. The highest BCUT2D eigenvalue weighted by atomic mass is 79.9. The third-order valence-corrected chi connectivity index (χ3v) is 4.82. The van der Waals surface area contributed by atoms with Gasteiger partial charge in [-0.1, -0.05) is 11.6 Å². The van der Waals surface area contributed by atoms with Gasteiger partial charge in [0.25, 0.3) is 0 Å². The zero-order chi connectivity index (χ0) is 14.0. The minimum absolute atomic E-state index is 0.192. The molecule has 0 spiro atoms. The molecule has 2 rings (SSSR count). The van der Waals surface area contributed by atoms with Gasteiger partial charge < -0.3 is 0 Å². The molecule has 1 aromatic carbocycles. The number of hydrogen-bond donors (Lipinski definition) is 0. The number of hydrogen-bond acceptors (Lipinski definition) is 2. The maximum Gasteiger partial charge on any atom is 0.128 e. The molecule has 2 nitrogen and oxygen atoms in total. The summed E-state index contributed by atoms with van der Waals surface area (Å²) in [5, 5.41) is 0.567. The standard InChI is InChI=1S/C14H19BrClFN2/c1-10(2)19-5-3-18(4-6-19)9-11-7-13(16)12(15)8-14(11)17/h7-8,10H,3-6,9H2,1-2H3. The van der Waals surface area contributed by atoms with Crippen LogP contribution in [-0.2, 0) is 6.54 Å². The zero-order valence-electron chi connectivity index (χ0n) is 11.3. The Hall–Kier alpha value is -0.160. The van der Waals surface area contributed by atoms with Gasteiger partial charge in [-0.3, -0.25) is 9.80 Å². The van der Waals surface area contributed by atoms with Crippen LogP contribution in [0.15, 0.2) is 16.6 Å². The van der Waals surface area contributed by atoms with Crippen LogP contribution in [0.1, 0.15) is 19.4 Å². The number of benzene rings is 1. The van der Waals surface area contributed by atoms with Crippen LogP contribution in [0.25, 0.3) is 0 Å². The molecule has 0 radical (unpaired) electrons. The minimum Gasteiger partial charge on any atom is -0.298 e. The average Bonchev–Trinajstić information content (AvgIpc) is 2.36. The van der Waals surface area contributed by atoms with Crippen LogP contribution < -0.4 is 0 Å². The second kappa shape index (κ2) is 6.53. The molecule has 0 aliphatic carbocycles. The zero-order valence-corrected chi connectivity index (χ0v) is 13.6. The second-order valence-corrected chi connectivity index (χ2v) is 6.53. The van der Waals surface area contributed by atoms with Gasteiger partial charge in [0.15, 0.2) is 0 Å². The summed E-state index contributed by atoms with van der Waals surface area (Å²) >= 11 is 9.26. The Kier molecular flexibility index (Phi) is 5.23. The molecule has 19 heavy (non-hydrogen) atoms. The fourth-order valence-corrected chi connectivity index (χ4v) is 2.87. The summed E-state index contributed by atoms with van der Waals surface area (Å²) in [6, 6.07) is 3.75. The molecule has 1 saturated heterocycles. The third kappa shape index (κ3) is 3.91.